The molecule has 0 fully saturated rings. The molecule has 0 spiro atoms. The molecule has 1 heterocycles. The number of nitrogens with zero attached hydrogens (tertiary/aromatic N) is 3. The molecule has 1 aliphatic rings. The quantitative estimate of drug-likeness (QED) is 0.774. The van der Waals surface area contributed by atoms with Crippen molar-refractivity contribution < 1.29 is 0 Å². The van der Waals surface area contributed by atoms with E-state index in [-0.39, 0.29) is 0 Å². The summed E-state index contributed by atoms with van der Waals surface area (Å²) in [5, 5.41) is 0. The van der Waals surface area contributed by atoms with Crippen LogP contribution in [0.2, 0.25) is 0 Å². The predicted octanol–water partition coefficient (Wildman–Crippen LogP) is 3.82. The Morgan fingerprint density at radius 3 is 2.35 bits per heavy atom. The number of hydrogen-bond donors (Lipinski definition) is 0. The molecule has 0 aromatic heterocycles. The summed E-state index contributed by atoms with van der Waals surface area (Å²) >= 11 is 0. The van der Waals surface area contributed by atoms with E-state index in [2.05, 4.69) is 77.4 Å². The Labute approximate surface area is 139 Å². The fraction of sp³-hybridized carbons (Fsp3) is 0.350. The summed E-state index contributed by atoms with van der Waals surface area (Å²) in [6, 6.07) is 21.3. The first kappa shape index (κ1) is 15.6. The fourth-order valence-corrected chi connectivity index (χ4v) is 3.04. The maximum Gasteiger partial charge on any atom is 0.119 e. The van der Waals surface area contributed by atoms with Gasteiger partial charge in [-0.3, -0.25) is 4.99 Å². The van der Waals surface area contributed by atoms with Gasteiger partial charge in [-0.2, -0.15) is 0 Å². The highest BCUT2D eigenvalue weighted by Crippen LogP contribution is 2.18. The zero-order valence-corrected chi connectivity index (χ0v) is 13.9. The first-order chi connectivity index (χ1) is 11.4. The van der Waals surface area contributed by atoms with Crippen molar-refractivity contribution in [1.82, 2.24) is 4.90 Å². The highest BCUT2D eigenvalue weighted by Gasteiger charge is 2.19. The Hall–Kier alpha value is -2.29. The van der Waals surface area contributed by atoms with Crippen LogP contribution in [-0.4, -0.2) is 36.9 Å². The van der Waals surface area contributed by atoms with E-state index in [0.29, 0.717) is 0 Å². The van der Waals surface area contributed by atoms with Crippen LogP contribution in [0.15, 0.2) is 65.7 Å². The van der Waals surface area contributed by atoms with Gasteiger partial charge < -0.3 is 9.80 Å². The van der Waals surface area contributed by atoms with Crippen LogP contribution in [0.25, 0.3) is 0 Å². The van der Waals surface area contributed by atoms with E-state index in [1.165, 1.54) is 23.5 Å². The van der Waals surface area contributed by atoms with Gasteiger partial charge >= 0.3 is 0 Å². The van der Waals surface area contributed by atoms with Crippen molar-refractivity contribution in [1.29, 1.82) is 0 Å². The van der Waals surface area contributed by atoms with Gasteiger partial charge in [-0.15, -0.1) is 0 Å². The van der Waals surface area contributed by atoms with Gasteiger partial charge in [0, 0.05) is 25.3 Å². The lowest BCUT2D eigenvalue weighted by Gasteiger charge is -2.28. The number of hydrogen-bond acceptors (Lipinski definition) is 3. The maximum atomic E-state index is 4.74. The minimum Gasteiger partial charge on any atom is -0.360 e. The molecule has 0 atom stereocenters. The molecule has 0 radical (unpaired) electrons. The van der Waals surface area contributed by atoms with Crippen LogP contribution in [0.4, 0.5) is 5.69 Å². The molecule has 1 aliphatic heterocycles. The zero-order valence-electron chi connectivity index (χ0n) is 13.9. The van der Waals surface area contributed by atoms with Crippen LogP contribution in [0, 0.1) is 0 Å². The van der Waals surface area contributed by atoms with Crippen LogP contribution in [-0.2, 0) is 6.54 Å². The van der Waals surface area contributed by atoms with E-state index < -0.39 is 0 Å². The van der Waals surface area contributed by atoms with Crippen molar-refractivity contribution in [2.45, 2.75) is 19.9 Å². The van der Waals surface area contributed by atoms with Crippen molar-refractivity contribution in [3.8, 4) is 0 Å². The molecular formula is C20H25N3. The Bertz CT molecular complexity index is 622. The van der Waals surface area contributed by atoms with E-state index in [1.807, 2.05) is 0 Å². The average molecular weight is 307 g/mol. The molecule has 2 aromatic rings. The Morgan fingerprint density at radius 2 is 1.65 bits per heavy atom. The minimum absolute atomic E-state index is 0.874. The summed E-state index contributed by atoms with van der Waals surface area (Å²) in [4.78, 5) is 9.59. The lowest BCUT2D eigenvalue weighted by molar-refractivity contribution is 0.449. The summed E-state index contributed by atoms with van der Waals surface area (Å²) in [5.74, 6) is 1.23. The Balaban J connectivity index is 1.78. The molecule has 0 N–H and O–H groups in total. The first-order valence-corrected chi connectivity index (χ1v) is 8.49. The van der Waals surface area contributed by atoms with Crippen molar-refractivity contribution in [3.05, 3.63) is 66.2 Å². The second kappa shape index (κ2) is 7.82. The van der Waals surface area contributed by atoms with E-state index in [9.17, 15) is 0 Å². The van der Waals surface area contributed by atoms with Crippen molar-refractivity contribution in [2.24, 2.45) is 4.99 Å². The van der Waals surface area contributed by atoms with Crippen LogP contribution in [0.5, 0.6) is 0 Å². The third-order valence-corrected chi connectivity index (χ3v) is 4.19. The van der Waals surface area contributed by atoms with Gasteiger partial charge in [-0.1, -0.05) is 55.5 Å². The largest absolute Gasteiger partial charge is 0.360 e. The molecular weight excluding hydrogens is 282 g/mol. The van der Waals surface area contributed by atoms with Crippen molar-refractivity contribution >= 4 is 11.5 Å². The number of aliphatic imine (C=N–C) groups is 1. The number of anilines is 1. The van der Waals surface area contributed by atoms with Crippen LogP contribution in [0.3, 0.4) is 0 Å². The lowest BCUT2D eigenvalue weighted by atomic mass is 10.2. The molecule has 0 bridgehead atoms. The van der Waals surface area contributed by atoms with E-state index >= 15 is 0 Å². The zero-order chi connectivity index (χ0) is 15.9. The Kier molecular flexibility index (Phi) is 5.30. The molecule has 0 amide bonds. The van der Waals surface area contributed by atoms with Gasteiger partial charge in [-0.05, 0) is 24.1 Å². The van der Waals surface area contributed by atoms with Crippen molar-refractivity contribution in [3.63, 3.8) is 0 Å². The molecule has 3 nitrogen and oxygen atoms in total. The normalized spacial score (nSPS) is 14.0. The van der Waals surface area contributed by atoms with Gasteiger partial charge in [-0.25, -0.2) is 0 Å². The van der Waals surface area contributed by atoms with Crippen molar-refractivity contribution in [2.75, 3.05) is 31.1 Å². The molecule has 0 saturated heterocycles. The number of para-hydroxylation sites is 1. The first-order valence-electron chi connectivity index (χ1n) is 8.49. The number of amidine groups is 1. The number of rotatable bonds is 7. The molecule has 0 saturated carbocycles. The second-order valence-corrected chi connectivity index (χ2v) is 5.96. The predicted molar refractivity (Wildman–Crippen MR) is 98.1 cm³/mol. The van der Waals surface area contributed by atoms with E-state index in [4.69, 9.17) is 4.99 Å². The SMILES string of the molecule is CCCN1CCN=C1CN(Cc1ccccc1)c1ccccc1. The Morgan fingerprint density at radius 1 is 0.957 bits per heavy atom. The second-order valence-electron chi connectivity index (χ2n) is 5.96. The molecule has 0 unspecified atom stereocenters. The highest BCUT2D eigenvalue weighted by molar-refractivity contribution is 5.88. The maximum absolute atomic E-state index is 4.74. The van der Waals surface area contributed by atoms with E-state index in [0.717, 1.165) is 32.7 Å². The molecule has 0 aliphatic carbocycles. The van der Waals surface area contributed by atoms with Crippen LogP contribution in [0.1, 0.15) is 18.9 Å². The molecule has 3 heteroatoms. The molecule has 120 valence electrons. The number of benzene rings is 2. The smallest absolute Gasteiger partial charge is 0.119 e. The summed E-state index contributed by atoms with van der Waals surface area (Å²) in [6.07, 6.45) is 1.17. The third kappa shape index (κ3) is 4.13. The van der Waals surface area contributed by atoms with Gasteiger partial charge in [0.25, 0.3) is 0 Å². The van der Waals surface area contributed by atoms with Gasteiger partial charge in [0.05, 0.1) is 13.1 Å². The lowest BCUT2D eigenvalue weighted by Crippen LogP contribution is -2.38. The summed E-state index contributed by atoms with van der Waals surface area (Å²) in [6.45, 7) is 7.12. The fourth-order valence-electron chi connectivity index (χ4n) is 3.04. The van der Waals surface area contributed by atoms with Gasteiger partial charge in [0.1, 0.15) is 5.84 Å². The minimum atomic E-state index is 0.874. The van der Waals surface area contributed by atoms with Crippen LogP contribution < -0.4 is 4.90 Å². The summed E-state index contributed by atoms with van der Waals surface area (Å²) in [7, 11) is 0. The molecule has 3 rings (SSSR count). The third-order valence-electron chi connectivity index (χ3n) is 4.19. The van der Waals surface area contributed by atoms with Crippen LogP contribution >= 0.6 is 0 Å². The van der Waals surface area contributed by atoms with E-state index in [1.54, 1.807) is 0 Å². The average Bonchev–Trinajstić information content (AvgIpc) is 3.03. The van der Waals surface area contributed by atoms with Gasteiger partial charge in [0.15, 0.2) is 0 Å². The standard InChI is InChI=1S/C20H25N3/c1-2-14-22-15-13-21-20(22)17-23(19-11-7-4-8-12-19)16-18-9-5-3-6-10-18/h3-12H,2,13-17H2,1H3. The monoisotopic (exact) mass is 307 g/mol. The summed E-state index contributed by atoms with van der Waals surface area (Å²) in [5.41, 5.74) is 2.58. The summed E-state index contributed by atoms with van der Waals surface area (Å²) < 4.78 is 0. The topological polar surface area (TPSA) is 18.8 Å². The van der Waals surface area contributed by atoms with Gasteiger partial charge in [0.2, 0.25) is 0 Å². The molecule has 2 aromatic carbocycles. The highest BCUT2D eigenvalue weighted by atomic mass is 15.3. The molecule has 23 heavy (non-hydrogen) atoms.